The third-order valence-electron chi connectivity index (χ3n) is 1.96. The van der Waals surface area contributed by atoms with E-state index >= 15 is 0 Å². The minimum Gasteiger partial charge on any atom is -0.399 e. The van der Waals surface area contributed by atoms with Gasteiger partial charge in [-0.05, 0) is 32.0 Å². The summed E-state index contributed by atoms with van der Waals surface area (Å²) < 4.78 is 0. The molecule has 1 amide bonds. The molecule has 0 saturated heterocycles. The Morgan fingerprint density at radius 3 is 2.60 bits per heavy atom. The Morgan fingerprint density at radius 2 is 2.07 bits per heavy atom. The molecule has 0 aliphatic rings. The Labute approximate surface area is 89.9 Å². The second kappa shape index (κ2) is 4.68. The van der Waals surface area contributed by atoms with Gasteiger partial charge < -0.3 is 16.4 Å². The van der Waals surface area contributed by atoms with Crippen molar-refractivity contribution in [2.75, 3.05) is 18.1 Å². The van der Waals surface area contributed by atoms with Crippen LogP contribution in [0.5, 0.6) is 0 Å². The summed E-state index contributed by atoms with van der Waals surface area (Å²) in [6.45, 7) is 4.04. The van der Waals surface area contributed by atoms with E-state index in [4.69, 9.17) is 5.73 Å². The van der Waals surface area contributed by atoms with Crippen molar-refractivity contribution in [1.82, 2.24) is 5.32 Å². The quantitative estimate of drug-likeness (QED) is 0.657. The number of hydrogen-bond acceptors (Lipinski definition) is 3. The summed E-state index contributed by atoms with van der Waals surface area (Å²) in [6.07, 6.45) is 0. The number of nitrogens with one attached hydrogen (secondary N) is 2. The van der Waals surface area contributed by atoms with E-state index in [2.05, 4.69) is 10.6 Å². The van der Waals surface area contributed by atoms with E-state index in [0.717, 1.165) is 5.69 Å². The number of carbonyl (C=O) groups excluding carboxylic acids is 1. The first-order chi connectivity index (χ1) is 7.04. The molecule has 82 valence electrons. The first-order valence-corrected chi connectivity index (χ1v) is 4.92. The molecule has 0 aliphatic heterocycles. The zero-order valence-electron chi connectivity index (χ0n) is 9.29. The van der Waals surface area contributed by atoms with E-state index in [1.807, 2.05) is 19.9 Å². The van der Waals surface area contributed by atoms with Crippen molar-refractivity contribution in [2.24, 2.45) is 0 Å². The molecule has 0 heterocycles. The van der Waals surface area contributed by atoms with Crippen LogP contribution < -0.4 is 16.4 Å². The fraction of sp³-hybridized carbons (Fsp3) is 0.364. The predicted octanol–water partition coefficient (Wildman–Crippen LogP) is 1.45. The van der Waals surface area contributed by atoms with E-state index in [1.165, 1.54) is 0 Å². The van der Waals surface area contributed by atoms with E-state index in [9.17, 15) is 4.79 Å². The van der Waals surface area contributed by atoms with Crippen LogP contribution in [0.25, 0.3) is 0 Å². The van der Waals surface area contributed by atoms with Gasteiger partial charge in [-0.2, -0.15) is 0 Å². The molecule has 0 fully saturated rings. The molecule has 1 aromatic rings. The SMILES string of the molecule is CNC(=O)c1cc(N)ccc1NC(C)C. The molecule has 0 spiro atoms. The second-order valence-corrected chi connectivity index (χ2v) is 3.68. The zero-order valence-corrected chi connectivity index (χ0v) is 9.29. The van der Waals surface area contributed by atoms with Gasteiger partial charge in [0, 0.05) is 24.5 Å². The Bertz CT molecular complexity index is 361. The van der Waals surface area contributed by atoms with Crippen LogP contribution in [0.3, 0.4) is 0 Å². The maximum Gasteiger partial charge on any atom is 0.253 e. The highest BCUT2D eigenvalue weighted by Gasteiger charge is 2.10. The molecule has 4 heteroatoms. The van der Waals surface area contributed by atoms with E-state index < -0.39 is 0 Å². The molecule has 0 saturated carbocycles. The summed E-state index contributed by atoms with van der Waals surface area (Å²) in [5, 5.41) is 5.79. The fourth-order valence-electron chi connectivity index (χ4n) is 1.32. The van der Waals surface area contributed by atoms with E-state index in [1.54, 1.807) is 19.2 Å². The lowest BCUT2D eigenvalue weighted by Crippen LogP contribution is -2.21. The minimum atomic E-state index is -0.134. The average molecular weight is 207 g/mol. The molecule has 15 heavy (non-hydrogen) atoms. The van der Waals surface area contributed by atoms with E-state index in [-0.39, 0.29) is 11.9 Å². The molecule has 0 radical (unpaired) electrons. The highest BCUT2D eigenvalue weighted by molar-refractivity contribution is 6.00. The first-order valence-electron chi connectivity index (χ1n) is 4.92. The summed E-state index contributed by atoms with van der Waals surface area (Å²) in [7, 11) is 1.60. The average Bonchev–Trinajstić information content (AvgIpc) is 2.19. The van der Waals surface area contributed by atoms with Gasteiger partial charge in [0.25, 0.3) is 5.91 Å². The van der Waals surface area contributed by atoms with Gasteiger partial charge in [-0.1, -0.05) is 0 Å². The standard InChI is InChI=1S/C11H17N3O/c1-7(2)14-10-5-4-8(12)6-9(10)11(15)13-3/h4-7,14H,12H2,1-3H3,(H,13,15). The van der Waals surface area contributed by atoms with E-state index in [0.29, 0.717) is 11.3 Å². The number of carbonyl (C=O) groups is 1. The Morgan fingerprint density at radius 1 is 1.40 bits per heavy atom. The van der Waals surface area contributed by atoms with Crippen molar-refractivity contribution >= 4 is 17.3 Å². The topological polar surface area (TPSA) is 67.2 Å². The largest absolute Gasteiger partial charge is 0.399 e. The summed E-state index contributed by atoms with van der Waals surface area (Å²) in [4.78, 5) is 11.6. The molecule has 4 N–H and O–H groups in total. The molecule has 1 aromatic carbocycles. The Balaban J connectivity index is 3.08. The maximum absolute atomic E-state index is 11.6. The van der Waals surface area contributed by atoms with Crippen LogP contribution >= 0.6 is 0 Å². The molecular weight excluding hydrogens is 190 g/mol. The van der Waals surface area contributed by atoms with Crippen LogP contribution in [0.4, 0.5) is 11.4 Å². The van der Waals surface area contributed by atoms with Crippen LogP contribution in [0.2, 0.25) is 0 Å². The molecule has 0 unspecified atom stereocenters. The van der Waals surface area contributed by atoms with Gasteiger partial charge in [0.1, 0.15) is 0 Å². The number of hydrogen-bond donors (Lipinski definition) is 3. The van der Waals surface area contributed by atoms with Crippen LogP contribution in [-0.2, 0) is 0 Å². The summed E-state index contributed by atoms with van der Waals surface area (Å²) in [5.41, 5.74) is 7.61. The van der Waals surface area contributed by atoms with Gasteiger partial charge in [0.2, 0.25) is 0 Å². The monoisotopic (exact) mass is 207 g/mol. The number of benzene rings is 1. The number of anilines is 2. The van der Waals surface area contributed by atoms with Crippen LogP contribution in [0.1, 0.15) is 24.2 Å². The number of rotatable bonds is 3. The summed E-state index contributed by atoms with van der Waals surface area (Å²) in [5.74, 6) is -0.134. The smallest absolute Gasteiger partial charge is 0.253 e. The predicted molar refractivity (Wildman–Crippen MR) is 63.0 cm³/mol. The molecular formula is C11H17N3O. The minimum absolute atomic E-state index is 0.134. The second-order valence-electron chi connectivity index (χ2n) is 3.68. The molecule has 1 rings (SSSR count). The number of nitrogen functional groups attached to an aromatic ring is 1. The van der Waals surface area contributed by atoms with Crippen molar-refractivity contribution in [1.29, 1.82) is 0 Å². The first kappa shape index (κ1) is 11.4. The molecule has 0 aliphatic carbocycles. The Kier molecular flexibility index (Phi) is 3.55. The summed E-state index contributed by atoms with van der Waals surface area (Å²) >= 11 is 0. The lowest BCUT2D eigenvalue weighted by molar-refractivity contribution is 0.0964. The van der Waals surface area contributed by atoms with Gasteiger partial charge in [-0.3, -0.25) is 4.79 Å². The van der Waals surface area contributed by atoms with Crippen LogP contribution in [-0.4, -0.2) is 19.0 Å². The fourth-order valence-corrected chi connectivity index (χ4v) is 1.32. The third kappa shape index (κ3) is 2.87. The van der Waals surface area contributed by atoms with Crippen LogP contribution in [0.15, 0.2) is 18.2 Å². The van der Waals surface area contributed by atoms with Gasteiger partial charge >= 0.3 is 0 Å². The lowest BCUT2D eigenvalue weighted by atomic mass is 10.1. The van der Waals surface area contributed by atoms with Gasteiger partial charge in [0.05, 0.1) is 5.56 Å². The van der Waals surface area contributed by atoms with Crippen molar-refractivity contribution in [3.05, 3.63) is 23.8 Å². The highest BCUT2D eigenvalue weighted by Crippen LogP contribution is 2.19. The van der Waals surface area contributed by atoms with Gasteiger partial charge in [0.15, 0.2) is 0 Å². The molecule has 4 nitrogen and oxygen atoms in total. The molecule has 0 bridgehead atoms. The third-order valence-corrected chi connectivity index (χ3v) is 1.96. The van der Waals surface area contributed by atoms with Crippen molar-refractivity contribution in [3.63, 3.8) is 0 Å². The van der Waals surface area contributed by atoms with Crippen molar-refractivity contribution < 1.29 is 4.79 Å². The van der Waals surface area contributed by atoms with Crippen LogP contribution in [0, 0.1) is 0 Å². The lowest BCUT2D eigenvalue weighted by Gasteiger charge is -2.14. The summed E-state index contributed by atoms with van der Waals surface area (Å²) in [6, 6.07) is 5.54. The van der Waals surface area contributed by atoms with Gasteiger partial charge in [-0.15, -0.1) is 0 Å². The normalized spacial score (nSPS) is 10.1. The molecule has 0 aromatic heterocycles. The van der Waals surface area contributed by atoms with Crippen molar-refractivity contribution in [2.45, 2.75) is 19.9 Å². The maximum atomic E-state index is 11.6. The number of amides is 1. The number of nitrogens with two attached hydrogens (primary N) is 1. The zero-order chi connectivity index (χ0) is 11.4. The van der Waals surface area contributed by atoms with Crippen molar-refractivity contribution in [3.8, 4) is 0 Å². The van der Waals surface area contributed by atoms with Gasteiger partial charge in [-0.25, -0.2) is 0 Å². The Hall–Kier alpha value is -1.71. The highest BCUT2D eigenvalue weighted by atomic mass is 16.1. The molecule has 0 atom stereocenters.